The molecule has 0 spiro atoms. The Kier molecular flexibility index (Phi) is 6.83. The van der Waals surface area contributed by atoms with Gasteiger partial charge >= 0.3 is 6.18 Å². The first-order chi connectivity index (χ1) is 16.1. The summed E-state index contributed by atoms with van der Waals surface area (Å²) in [5.41, 5.74) is 2.19. The maximum absolute atomic E-state index is 12.7. The Labute approximate surface area is 199 Å². The van der Waals surface area contributed by atoms with Crippen molar-refractivity contribution in [1.29, 1.82) is 0 Å². The second-order valence-electron chi connectivity index (χ2n) is 8.49. The van der Waals surface area contributed by atoms with Gasteiger partial charge in [-0.2, -0.15) is 27.8 Å². The number of halogens is 4. The molecule has 1 fully saturated rings. The zero-order valence-corrected chi connectivity index (χ0v) is 19.5. The highest BCUT2D eigenvalue weighted by Gasteiger charge is 2.31. The second-order valence-corrected chi connectivity index (χ2v) is 8.88. The molecule has 1 aliphatic rings. The van der Waals surface area contributed by atoms with Crippen molar-refractivity contribution in [2.75, 3.05) is 29.9 Å². The summed E-state index contributed by atoms with van der Waals surface area (Å²) in [7, 11) is 0. The Balaban J connectivity index is 1.55. The standard InChI is InChI=1S/C22H25ClF3N7O/c1-4-17(14-7-8-32(11-14)15-9-18(23)30-27-10-15)28-21-29-20-16(13(2)3)5-6-19(33(20)31-21)34-12-22(24,25)26/h4-6,9-10,13-14,17H,1,7-8,11-12H2,2-3H3,(H,28,31). The van der Waals surface area contributed by atoms with E-state index >= 15 is 0 Å². The first-order valence-electron chi connectivity index (χ1n) is 10.9. The highest BCUT2D eigenvalue weighted by molar-refractivity contribution is 6.29. The lowest BCUT2D eigenvalue weighted by Crippen LogP contribution is -2.30. The quantitative estimate of drug-likeness (QED) is 0.452. The Morgan fingerprint density at radius 3 is 2.82 bits per heavy atom. The summed E-state index contributed by atoms with van der Waals surface area (Å²) in [4.78, 5) is 6.74. The number of hydrogen-bond donors (Lipinski definition) is 1. The number of anilines is 2. The Morgan fingerprint density at radius 2 is 2.15 bits per heavy atom. The molecule has 2 atom stereocenters. The molecular formula is C22H25ClF3N7O. The van der Waals surface area contributed by atoms with Gasteiger partial charge in [-0.1, -0.05) is 31.5 Å². The molecule has 0 aromatic carbocycles. The summed E-state index contributed by atoms with van der Waals surface area (Å²) in [6.07, 6.45) is -0.109. The molecule has 182 valence electrons. The topological polar surface area (TPSA) is 80.5 Å². The van der Waals surface area contributed by atoms with Crippen LogP contribution in [0.1, 0.15) is 31.7 Å². The molecule has 3 aromatic heterocycles. The summed E-state index contributed by atoms with van der Waals surface area (Å²) in [6.45, 7) is 8.04. The largest absolute Gasteiger partial charge is 0.468 e. The van der Waals surface area contributed by atoms with Gasteiger partial charge in [0.15, 0.2) is 17.4 Å². The summed E-state index contributed by atoms with van der Waals surface area (Å²) in [5.74, 6) is 0.556. The fourth-order valence-corrected chi connectivity index (χ4v) is 4.23. The Morgan fingerprint density at radius 1 is 1.35 bits per heavy atom. The molecule has 8 nitrogen and oxygen atoms in total. The summed E-state index contributed by atoms with van der Waals surface area (Å²) in [5, 5.41) is 15.7. The van der Waals surface area contributed by atoms with Crippen molar-refractivity contribution in [3.05, 3.63) is 47.8 Å². The summed E-state index contributed by atoms with van der Waals surface area (Å²) < 4.78 is 44.4. The monoisotopic (exact) mass is 495 g/mol. The van der Waals surface area contributed by atoms with E-state index in [1.165, 1.54) is 10.6 Å². The molecule has 0 amide bonds. The number of fused-ring (bicyclic) bond motifs is 1. The Bertz CT molecular complexity index is 1170. The van der Waals surface area contributed by atoms with Crippen LogP contribution in [0.3, 0.4) is 0 Å². The average Bonchev–Trinajstić information content (AvgIpc) is 3.42. The molecule has 1 N–H and O–H groups in total. The van der Waals surface area contributed by atoms with Gasteiger partial charge in [-0.25, -0.2) is 0 Å². The van der Waals surface area contributed by atoms with Crippen molar-refractivity contribution < 1.29 is 17.9 Å². The van der Waals surface area contributed by atoms with Crippen LogP contribution < -0.4 is 15.0 Å². The zero-order valence-electron chi connectivity index (χ0n) is 18.8. The number of aromatic nitrogens is 5. The molecule has 4 heterocycles. The van der Waals surface area contributed by atoms with E-state index in [0.29, 0.717) is 16.7 Å². The predicted molar refractivity (Wildman–Crippen MR) is 124 cm³/mol. The van der Waals surface area contributed by atoms with Crippen molar-refractivity contribution in [2.45, 2.75) is 38.4 Å². The van der Waals surface area contributed by atoms with E-state index in [4.69, 9.17) is 16.3 Å². The fourth-order valence-electron chi connectivity index (χ4n) is 4.07. The molecule has 2 unspecified atom stereocenters. The van der Waals surface area contributed by atoms with E-state index in [2.05, 4.69) is 37.1 Å². The minimum Gasteiger partial charge on any atom is -0.468 e. The highest BCUT2D eigenvalue weighted by Crippen LogP contribution is 2.30. The van der Waals surface area contributed by atoms with Crippen LogP contribution in [0.5, 0.6) is 5.88 Å². The van der Waals surface area contributed by atoms with E-state index in [9.17, 15) is 13.2 Å². The third-order valence-electron chi connectivity index (χ3n) is 5.74. The third-order valence-corrected chi connectivity index (χ3v) is 5.93. The number of ether oxygens (including phenoxy) is 1. The van der Waals surface area contributed by atoms with Gasteiger partial charge in [-0.3, -0.25) is 0 Å². The van der Waals surface area contributed by atoms with Crippen LogP contribution in [-0.4, -0.2) is 56.7 Å². The smallest absolute Gasteiger partial charge is 0.422 e. The van der Waals surface area contributed by atoms with Crippen LogP contribution in [0.2, 0.25) is 5.15 Å². The Hall–Kier alpha value is -3.08. The molecule has 0 saturated carbocycles. The molecule has 3 aromatic rings. The molecule has 0 bridgehead atoms. The maximum Gasteiger partial charge on any atom is 0.422 e. The van der Waals surface area contributed by atoms with Gasteiger partial charge in [0, 0.05) is 31.1 Å². The fraction of sp³-hybridized carbons (Fsp3) is 0.455. The van der Waals surface area contributed by atoms with Gasteiger partial charge in [0.25, 0.3) is 0 Å². The van der Waals surface area contributed by atoms with Crippen molar-refractivity contribution in [3.8, 4) is 5.88 Å². The van der Waals surface area contributed by atoms with Gasteiger partial charge in [0.05, 0.1) is 17.9 Å². The highest BCUT2D eigenvalue weighted by atomic mass is 35.5. The van der Waals surface area contributed by atoms with Crippen LogP contribution in [0, 0.1) is 5.92 Å². The number of nitrogens with one attached hydrogen (secondary N) is 1. The van der Waals surface area contributed by atoms with Crippen LogP contribution >= 0.6 is 11.6 Å². The van der Waals surface area contributed by atoms with E-state index in [-0.39, 0.29) is 23.8 Å². The lowest BCUT2D eigenvalue weighted by atomic mass is 9.99. The van der Waals surface area contributed by atoms with Crippen molar-refractivity contribution in [2.24, 2.45) is 5.92 Å². The zero-order chi connectivity index (χ0) is 24.5. The summed E-state index contributed by atoms with van der Waals surface area (Å²) in [6, 6.07) is 4.82. The maximum atomic E-state index is 12.7. The van der Waals surface area contributed by atoms with Gasteiger partial charge < -0.3 is 15.0 Å². The lowest BCUT2D eigenvalue weighted by Gasteiger charge is -2.22. The van der Waals surface area contributed by atoms with Crippen LogP contribution in [-0.2, 0) is 0 Å². The first kappa shape index (κ1) is 24.1. The first-order valence-corrected chi connectivity index (χ1v) is 11.2. The SMILES string of the molecule is C=CC(Nc1nc2c(C(C)C)ccc(OCC(F)(F)F)n2n1)C1CCN(c2cnnc(Cl)c2)C1. The lowest BCUT2D eigenvalue weighted by molar-refractivity contribution is -0.154. The van der Waals surface area contributed by atoms with Gasteiger partial charge in [0.1, 0.15) is 0 Å². The van der Waals surface area contributed by atoms with E-state index < -0.39 is 12.8 Å². The van der Waals surface area contributed by atoms with Crippen molar-refractivity contribution >= 4 is 28.9 Å². The molecule has 4 rings (SSSR count). The predicted octanol–water partition coefficient (Wildman–Crippen LogP) is 4.73. The minimum absolute atomic E-state index is 0.0264. The van der Waals surface area contributed by atoms with Gasteiger partial charge in [-0.15, -0.1) is 16.8 Å². The molecule has 0 radical (unpaired) electrons. The van der Waals surface area contributed by atoms with Crippen LogP contribution in [0.15, 0.2) is 37.1 Å². The third kappa shape index (κ3) is 5.35. The number of alkyl halides is 3. The molecular weight excluding hydrogens is 471 g/mol. The molecule has 1 saturated heterocycles. The van der Waals surface area contributed by atoms with Crippen LogP contribution in [0.4, 0.5) is 24.8 Å². The molecule has 1 aliphatic heterocycles. The number of hydrogen-bond acceptors (Lipinski definition) is 7. The van der Waals surface area contributed by atoms with Crippen molar-refractivity contribution in [1.82, 2.24) is 24.8 Å². The second kappa shape index (κ2) is 9.65. The number of pyridine rings is 1. The minimum atomic E-state index is -4.46. The van der Waals surface area contributed by atoms with Gasteiger partial charge in [0.2, 0.25) is 11.8 Å². The normalized spacial score (nSPS) is 17.4. The molecule has 34 heavy (non-hydrogen) atoms. The van der Waals surface area contributed by atoms with Crippen LogP contribution in [0.25, 0.3) is 5.65 Å². The van der Waals surface area contributed by atoms with Gasteiger partial charge in [-0.05, 0) is 24.0 Å². The summed E-state index contributed by atoms with van der Waals surface area (Å²) >= 11 is 5.97. The van der Waals surface area contributed by atoms with E-state index in [0.717, 1.165) is 30.8 Å². The molecule has 0 aliphatic carbocycles. The average molecular weight is 496 g/mol. The molecule has 12 heteroatoms. The number of nitrogens with zero attached hydrogens (tertiary/aromatic N) is 6. The van der Waals surface area contributed by atoms with E-state index in [1.54, 1.807) is 24.4 Å². The van der Waals surface area contributed by atoms with E-state index in [1.807, 2.05) is 13.8 Å². The van der Waals surface area contributed by atoms with Crippen molar-refractivity contribution in [3.63, 3.8) is 0 Å². The number of rotatable bonds is 8.